The Hall–Kier alpha value is -2.86. The molecule has 1 aromatic heterocycles. The molecule has 1 N–H and O–H groups in total. The maximum absolute atomic E-state index is 12.3. The zero-order valence-electron chi connectivity index (χ0n) is 14.8. The number of halogens is 1. The van der Waals surface area contributed by atoms with Gasteiger partial charge in [-0.2, -0.15) is 0 Å². The lowest BCUT2D eigenvalue weighted by Gasteiger charge is -2.13. The van der Waals surface area contributed by atoms with Crippen LogP contribution in [-0.4, -0.2) is 18.0 Å². The third kappa shape index (κ3) is 5.56. The number of carbonyl (C=O) groups excluding carboxylic acids is 1. The maximum Gasteiger partial charge on any atom is 0.228 e. The molecule has 0 saturated heterocycles. The zero-order valence-corrected chi connectivity index (χ0v) is 16.4. The molecular weight excluding hydrogens is 408 g/mol. The molecule has 3 rings (SSSR count). The molecule has 2 aromatic carbocycles. The summed E-state index contributed by atoms with van der Waals surface area (Å²) in [6, 6.07) is 16.8. The summed E-state index contributed by atoms with van der Waals surface area (Å²) in [4.78, 5) is 16.4. The summed E-state index contributed by atoms with van der Waals surface area (Å²) in [6.07, 6.45) is 3.76. The molecule has 138 valence electrons. The van der Waals surface area contributed by atoms with Gasteiger partial charge >= 0.3 is 0 Å². The monoisotopic (exact) mass is 426 g/mol. The lowest BCUT2D eigenvalue weighted by atomic mass is 10.1. The maximum atomic E-state index is 12.3. The molecule has 27 heavy (non-hydrogen) atoms. The van der Waals surface area contributed by atoms with Gasteiger partial charge in [-0.05, 0) is 35.9 Å². The highest BCUT2D eigenvalue weighted by Gasteiger charge is 2.09. The Morgan fingerprint density at radius 2 is 1.89 bits per heavy atom. The first-order valence-electron chi connectivity index (χ1n) is 8.38. The fourth-order valence-electron chi connectivity index (χ4n) is 2.50. The topological polar surface area (TPSA) is 60.5 Å². The molecule has 0 spiro atoms. The average molecular weight is 427 g/mol. The summed E-state index contributed by atoms with van der Waals surface area (Å²) in [7, 11) is 1.58. The van der Waals surface area contributed by atoms with E-state index in [1.807, 2.05) is 36.4 Å². The minimum absolute atomic E-state index is 0.0966. The smallest absolute Gasteiger partial charge is 0.228 e. The summed E-state index contributed by atoms with van der Waals surface area (Å²) < 4.78 is 12.2. The van der Waals surface area contributed by atoms with Crippen LogP contribution in [-0.2, 0) is 17.8 Å². The number of pyridine rings is 1. The van der Waals surface area contributed by atoms with Crippen molar-refractivity contribution in [1.29, 1.82) is 0 Å². The molecule has 3 aromatic rings. The molecule has 5 nitrogen and oxygen atoms in total. The van der Waals surface area contributed by atoms with Gasteiger partial charge in [-0.15, -0.1) is 0 Å². The van der Waals surface area contributed by atoms with E-state index >= 15 is 0 Å². The molecule has 1 heterocycles. The summed E-state index contributed by atoms with van der Waals surface area (Å²) >= 11 is 3.39. The van der Waals surface area contributed by atoms with Gasteiger partial charge in [0.05, 0.1) is 13.5 Å². The van der Waals surface area contributed by atoms with Crippen molar-refractivity contribution in [3.63, 3.8) is 0 Å². The molecule has 1 amide bonds. The summed E-state index contributed by atoms with van der Waals surface area (Å²) in [5.74, 6) is 1.06. The van der Waals surface area contributed by atoms with E-state index in [1.54, 1.807) is 37.7 Å². The fraction of sp³-hybridized carbons (Fsp3) is 0.143. The van der Waals surface area contributed by atoms with Crippen LogP contribution >= 0.6 is 15.9 Å². The SMILES string of the molecule is COc1ccc(NC(=O)Cc2ccc(Br)cc2)cc1OCc1cccnc1. The van der Waals surface area contributed by atoms with Crippen molar-refractivity contribution in [2.75, 3.05) is 12.4 Å². The minimum Gasteiger partial charge on any atom is -0.493 e. The molecule has 0 bridgehead atoms. The van der Waals surface area contributed by atoms with Crippen molar-refractivity contribution in [3.05, 3.63) is 82.6 Å². The van der Waals surface area contributed by atoms with E-state index in [0.29, 0.717) is 30.2 Å². The van der Waals surface area contributed by atoms with Gasteiger partial charge in [0, 0.05) is 34.2 Å². The first-order chi connectivity index (χ1) is 13.1. The zero-order chi connectivity index (χ0) is 19.1. The number of rotatable bonds is 7. The Bertz CT molecular complexity index is 899. The highest BCUT2D eigenvalue weighted by atomic mass is 79.9. The first kappa shape index (κ1) is 18.9. The minimum atomic E-state index is -0.0966. The number of anilines is 1. The Morgan fingerprint density at radius 3 is 2.59 bits per heavy atom. The number of aromatic nitrogens is 1. The molecule has 0 unspecified atom stereocenters. The number of benzene rings is 2. The summed E-state index contributed by atoms with van der Waals surface area (Å²) in [5, 5.41) is 2.90. The number of methoxy groups -OCH3 is 1. The Labute approximate surface area is 166 Å². The second-order valence-corrected chi connectivity index (χ2v) is 6.78. The Morgan fingerprint density at radius 1 is 1.07 bits per heavy atom. The van der Waals surface area contributed by atoms with E-state index in [-0.39, 0.29) is 5.91 Å². The second-order valence-electron chi connectivity index (χ2n) is 5.87. The number of carbonyl (C=O) groups is 1. The van der Waals surface area contributed by atoms with Crippen LogP contribution in [0.1, 0.15) is 11.1 Å². The highest BCUT2D eigenvalue weighted by Crippen LogP contribution is 2.31. The van der Waals surface area contributed by atoms with Crippen molar-refractivity contribution in [3.8, 4) is 11.5 Å². The Kier molecular flexibility index (Phi) is 6.44. The van der Waals surface area contributed by atoms with Crippen LogP contribution in [0.3, 0.4) is 0 Å². The number of hydrogen-bond acceptors (Lipinski definition) is 4. The fourth-order valence-corrected chi connectivity index (χ4v) is 2.77. The van der Waals surface area contributed by atoms with E-state index in [1.165, 1.54) is 0 Å². The van der Waals surface area contributed by atoms with Crippen molar-refractivity contribution in [1.82, 2.24) is 4.98 Å². The van der Waals surface area contributed by atoms with E-state index < -0.39 is 0 Å². The van der Waals surface area contributed by atoms with Gasteiger partial charge in [0.1, 0.15) is 6.61 Å². The van der Waals surface area contributed by atoms with Gasteiger partial charge in [-0.3, -0.25) is 9.78 Å². The molecule has 0 radical (unpaired) electrons. The summed E-state index contributed by atoms with van der Waals surface area (Å²) in [6.45, 7) is 0.362. The van der Waals surface area contributed by atoms with Gasteiger partial charge < -0.3 is 14.8 Å². The number of hydrogen-bond donors (Lipinski definition) is 1. The van der Waals surface area contributed by atoms with Crippen LogP contribution in [0, 0.1) is 0 Å². The predicted octanol–water partition coefficient (Wildman–Crippen LogP) is 4.61. The lowest BCUT2D eigenvalue weighted by Crippen LogP contribution is -2.14. The van der Waals surface area contributed by atoms with Crippen LogP contribution in [0.25, 0.3) is 0 Å². The summed E-state index contributed by atoms with van der Waals surface area (Å²) in [5.41, 5.74) is 2.54. The molecule has 6 heteroatoms. The first-order valence-corrected chi connectivity index (χ1v) is 9.17. The average Bonchev–Trinajstić information content (AvgIpc) is 2.69. The highest BCUT2D eigenvalue weighted by molar-refractivity contribution is 9.10. The standard InChI is InChI=1S/C21H19BrN2O3/c1-26-19-9-8-18(12-20(19)27-14-16-3-2-10-23-13-16)24-21(25)11-15-4-6-17(22)7-5-15/h2-10,12-13H,11,14H2,1H3,(H,24,25). The second kappa shape index (κ2) is 9.19. The number of nitrogens with one attached hydrogen (secondary N) is 1. The molecule has 0 atom stereocenters. The van der Waals surface area contributed by atoms with Gasteiger partial charge in [0.15, 0.2) is 11.5 Å². The molecular formula is C21H19BrN2O3. The van der Waals surface area contributed by atoms with Crippen LogP contribution < -0.4 is 14.8 Å². The molecule has 0 aliphatic heterocycles. The van der Waals surface area contributed by atoms with Crippen LogP contribution in [0.2, 0.25) is 0 Å². The van der Waals surface area contributed by atoms with Gasteiger partial charge in [0.2, 0.25) is 5.91 Å². The number of nitrogens with zero attached hydrogens (tertiary/aromatic N) is 1. The van der Waals surface area contributed by atoms with Crippen molar-refractivity contribution in [2.45, 2.75) is 13.0 Å². The van der Waals surface area contributed by atoms with Gasteiger partial charge in [0.25, 0.3) is 0 Å². The van der Waals surface area contributed by atoms with Crippen molar-refractivity contribution < 1.29 is 14.3 Å². The van der Waals surface area contributed by atoms with E-state index in [2.05, 4.69) is 26.2 Å². The number of ether oxygens (including phenoxy) is 2. The Balaban J connectivity index is 1.66. The molecule has 0 saturated carbocycles. The predicted molar refractivity (Wildman–Crippen MR) is 108 cm³/mol. The third-order valence-electron chi connectivity index (χ3n) is 3.84. The van der Waals surface area contributed by atoms with Crippen LogP contribution in [0.15, 0.2) is 71.5 Å². The van der Waals surface area contributed by atoms with Crippen molar-refractivity contribution >= 4 is 27.5 Å². The third-order valence-corrected chi connectivity index (χ3v) is 4.37. The molecule has 0 fully saturated rings. The largest absolute Gasteiger partial charge is 0.493 e. The normalized spacial score (nSPS) is 10.3. The quantitative estimate of drug-likeness (QED) is 0.598. The molecule has 0 aliphatic carbocycles. The van der Waals surface area contributed by atoms with E-state index in [0.717, 1.165) is 15.6 Å². The lowest BCUT2D eigenvalue weighted by molar-refractivity contribution is -0.115. The van der Waals surface area contributed by atoms with Crippen LogP contribution in [0.4, 0.5) is 5.69 Å². The van der Waals surface area contributed by atoms with E-state index in [9.17, 15) is 4.79 Å². The number of amides is 1. The van der Waals surface area contributed by atoms with Crippen molar-refractivity contribution in [2.24, 2.45) is 0 Å². The van der Waals surface area contributed by atoms with E-state index in [4.69, 9.17) is 9.47 Å². The molecule has 0 aliphatic rings. The van der Waals surface area contributed by atoms with Gasteiger partial charge in [-0.1, -0.05) is 34.1 Å². The van der Waals surface area contributed by atoms with Gasteiger partial charge in [-0.25, -0.2) is 0 Å². The van der Waals surface area contributed by atoms with Crippen LogP contribution in [0.5, 0.6) is 11.5 Å².